The zero-order chi connectivity index (χ0) is 10.0. The lowest BCUT2D eigenvalue weighted by atomic mass is 10.2. The first kappa shape index (κ1) is 10.0. The topological polar surface area (TPSA) is 57.6 Å². The maximum absolute atomic E-state index is 11.4. The summed E-state index contributed by atoms with van der Waals surface area (Å²) in [6.07, 6.45) is 1.76. The van der Waals surface area contributed by atoms with Crippen molar-refractivity contribution >= 4 is 11.9 Å². The smallest absolute Gasteiger partial charge is 0.326 e. The van der Waals surface area contributed by atoms with Crippen LogP contribution in [0.1, 0.15) is 33.1 Å². The van der Waals surface area contributed by atoms with Crippen LogP contribution in [0.4, 0.5) is 0 Å². The van der Waals surface area contributed by atoms with Crippen molar-refractivity contribution in [3.8, 4) is 0 Å². The Kier molecular flexibility index (Phi) is 2.90. The molecule has 0 spiro atoms. The van der Waals surface area contributed by atoms with Gasteiger partial charge in [-0.05, 0) is 19.8 Å². The number of carbonyl (C=O) groups excluding carboxylic acids is 1. The average Bonchev–Trinajstić information content (AvgIpc) is 2.46. The highest BCUT2D eigenvalue weighted by Gasteiger charge is 2.37. The maximum atomic E-state index is 11.4. The van der Waals surface area contributed by atoms with Crippen molar-refractivity contribution < 1.29 is 14.7 Å². The first-order valence-electron chi connectivity index (χ1n) is 4.62. The fraction of sp³-hybridized carbons (Fsp3) is 0.778. The van der Waals surface area contributed by atoms with Crippen molar-refractivity contribution in [1.82, 2.24) is 4.90 Å². The largest absolute Gasteiger partial charge is 0.480 e. The third kappa shape index (κ3) is 1.82. The normalized spacial score (nSPS) is 27.7. The summed E-state index contributed by atoms with van der Waals surface area (Å²) < 4.78 is 0. The SMILES string of the molecule is CCC(=O)N1C(C(=O)O)CC[C@H]1C. The number of hydrogen-bond acceptors (Lipinski definition) is 2. The fourth-order valence-corrected chi connectivity index (χ4v) is 1.83. The molecule has 1 N–H and O–H groups in total. The van der Waals surface area contributed by atoms with Gasteiger partial charge >= 0.3 is 5.97 Å². The molecule has 0 saturated carbocycles. The number of amides is 1. The summed E-state index contributed by atoms with van der Waals surface area (Å²) in [6, 6.07) is -0.518. The van der Waals surface area contributed by atoms with E-state index in [2.05, 4.69) is 0 Å². The van der Waals surface area contributed by atoms with Crippen LogP contribution >= 0.6 is 0 Å². The van der Waals surface area contributed by atoms with Crippen LogP contribution in [-0.4, -0.2) is 34.0 Å². The van der Waals surface area contributed by atoms with E-state index in [1.165, 1.54) is 4.90 Å². The molecule has 2 atom stereocenters. The monoisotopic (exact) mass is 185 g/mol. The number of carboxylic acids is 1. The standard InChI is InChI=1S/C9H15NO3/c1-3-8(11)10-6(2)4-5-7(10)9(12)13/h6-7H,3-5H2,1-2H3,(H,12,13)/t6-,7?/m1/s1. The first-order valence-corrected chi connectivity index (χ1v) is 4.62. The lowest BCUT2D eigenvalue weighted by Gasteiger charge is -2.25. The summed E-state index contributed by atoms with van der Waals surface area (Å²) in [6.45, 7) is 3.66. The van der Waals surface area contributed by atoms with Crippen molar-refractivity contribution in [3.05, 3.63) is 0 Å². The van der Waals surface area contributed by atoms with Gasteiger partial charge in [0.25, 0.3) is 0 Å². The van der Waals surface area contributed by atoms with E-state index in [0.29, 0.717) is 12.8 Å². The molecule has 1 heterocycles. The van der Waals surface area contributed by atoms with Gasteiger partial charge in [0.15, 0.2) is 0 Å². The quantitative estimate of drug-likeness (QED) is 0.694. The maximum Gasteiger partial charge on any atom is 0.326 e. The van der Waals surface area contributed by atoms with Gasteiger partial charge in [0.1, 0.15) is 6.04 Å². The van der Waals surface area contributed by atoms with E-state index in [9.17, 15) is 9.59 Å². The zero-order valence-corrected chi connectivity index (χ0v) is 7.99. The highest BCUT2D eigenvalue weighted by atomic mass is 16.4. The molecule has 1 aliphatic rings. The van der Waals surface area contributed by atoms with Crippen molar-refractivity contribution in [2.24, 2.45) is 0 Å². The highest BCUT2D eigenvalue weighted by Crippen LogP contribution is 2.24. The Morgan fingerprint density at radius 1 is 1.46 bits per heavy atom. The molecule has 1 fully saturated rings. The Bertz CT molecular complexity index is 227. The molecule has 1 saturated heterocycles. The predicted molar refractivity (Wildman–Crippen MR) is 47.3 cm³/mol. The van der Waals surface area contributed by atoms with Crippen LogP contribution in [0.5, 0.6) is 0 Å². The van der Waals surface area contributed by atoms with E-state index < -0.39 is 12.0 Å². The van der Waals surface area contributed by atoms with Crippen LogP contribution < -0.4 is 0 Å². The number of likely N-dealkylation sites (tertiary alicyclic amines) is 1. The van der Waals surface area contributed by atoms with Crippen LogP contribution in [-0.2, 0) is 9.59 Å². The van der Waals surface area contributed by atoms with E-state index in [0.717, 1.165) is 6.42 Å². The van der Waals surface area contributed by atoms with Gasteiger partial charge in [-0.2, -0.15) is 0 Å². The van der Waals surface area contributed by atoms with E-state index in [4.69, 9.17) is 5.11 Å². The number of aliphatic carboxylic acids is 1. The molecule has 0 bridgehead atoms. The average molecular weight is 185 g/mol. The second-order valence-electron chi connectivity index (χ2n) is 3.43. The van der Waals surface area contributed by atoms with Gasteiger partial charge in [-0.1, -0.05) is 6.92 Å². The summed E-state index contributed by atoms with van der Waals surface area (Å²) in [5.41, 5.74) is 0. The Morgan fingerprint density at radius 2 is 2.08 bits per heavy atom. The Morgan fingerprint density at radius 3 is 2.54 bits per heavy atom. The van der Waals surface area contributed by atoms with E-state index in [1.54, 1.807) is 6.92 Å². The molecule has 0 radical (unpaired) electrons. The van der Waals surface area contributed by atoms with Crippen molar-refractivity contribution in [2.75, 3.05) is 0 Å². The Balaban J connectivity index is 2.76. The zero-order valence-electron chi connectivity index (χ0n) is 7.99. The highest BCUT2D eigenvalue weighted by molar-refractivity contribution is 5.84. The molecule has 0 aliphatic carbocycles. The lowest BCUT2D eigenvalue weighted by Crippen LogP contribution is -2.43. The summed E-state index contributed by atoms with van der Waals surface area (Å²) in [5, 5.41) is 8.85. The molecule has 4 heteroatoms. The van der Waals surface area contributed by atoms with Crippen LogP contribution in [0.15, 0.2) is 0 Å². The molecular formula is C9H15NO3. The summed E-state index contributed by atoms with van der Waals surface area (Å²) in [4.78, 5) is 23.7. The van der Waals surface area contributed by atoms with Gasteiger partial charge in [-0.25, -0.2) is 4.79 Å². The molecule has 1 rings (SSSR count). The molecule has 4 nitrogen and oxygen atoms in total. The number of carboxylic acid groups (broad SMARTS) is 1. The van der Waals surface area contributed by atoms with Crippen LogP contribution in [0.3, 0.4) is 0 Å². The van der Waals surface area contributed by atoms with Gasteiger partial charge in [-0.3, -0.25) is 4.79 Å². The van der Waals surface area contributed by atoms with Gasteiger partial charge < -0.3 is 10.0 Å². The van der Waals surface area contributed by atoms with Gasteiger partial charge in [0.2, 0.25) is 5.91 Å². The van der Waals surface area contributed by atoms with Crippen LogP contribution in [0, 0.1) is 0 Å². The van der Waals surface area contributed by atoms with Crippen molar-refractivity contribution in [1.29, 1.82) is 0 Å². The van der Waals surface area contributed by atoms with Crippen LogP contribution in [0.25, 0.3) is 0 Å². The number of hydrogen-bond donors (Lipinski definition) is 1. The Labute approximate surface area is 77.5 Å². The second kappa shape index (κ2) is 3.77. The number of nitrogens with zero attached hydrogens (tertiary/aromatic N) is 1. The van der Waals surface area contributed by atoms with Crippen molar-refractivity contribution in [2.45, 2.75) is 45.2 Å². The molecule has 1 unspecified atom stereocenters. The molecule has 1 amide bonds. The Hall–Kier alpha value is -1.06. The number of carbonyl (C=O) groups is 2. The van der Waals surface area contributed by atoms with E-state index >= 15 is 0 Å². The van der Waals surface area contributed by atoms with E-state index in [1.807, 2.05) is 6.92 Å². The summed E-state index contributed by atoms with van der Waals surface area (Å²) in [7, 11) is 0. The van der Waals surface area contributed by atoms with Gasteiger partial charge in [0, 0.05) is 12.5 Å². The molecule has 13 heavy (non-hydrogen) atoms. The predicted octanol–water partition coefficient (Wildman–Crippen LogP) is 0.861. The number of rotatable bonds is 2. The molecule has 0 aromatic heterocycles. The summed E-state index contributed by atoms with van der Waals surface area (Å²) >= 11 is 0. The lowest BCUT2D eigenvalue weighted by molar-refractivity contribution is -0.149. The third-order valence-corrected chi connectivity index (χ3v) is 2.54. The first-order chi connectivity index (χ1) is 6.07. The van der Waals surface area contributed by atoms with Crippen molar-refractivity contribution in [3.63, 3.8) is 0 Å². The van der Waals surface area contributed by atoms with Gasteiger partial charge in [0.05, 0.1) is 0 Å². The second-order valence-corrected chi connectivity index (χ2v) is 3.43. The molecule has 0 aromatic rings. The minimum Gasteiger partial charge on any atom is -0.480 e. The fourth-order valence-electron chi connectivity index (χ4n) is 1.83. The minimum absolute atomic E-state index is 0.0580. The van der Waals surface area contributed by atoms with E-state index in [-0.39, 0.29) is 11.9 Å². The summed E-state index contributed by atoms with van der Waals surface area (Å²) in [5.74, 6) is -0.941. The third-order valence-electron chi connectivity index (χ3n) is 2.54. The molecule has 0 aromatic carbocycles. The molecule has 74 valence electrons. The molecular weight excluding hydrogens is 170 g/mol. The van der Waals surface area contributed by atoms with Crippen LogP contribution in [0.2, 0.25) is 0 Å². The van der Waals surface area contributed by atoms with Gasteiger partial charge in [-0.15, -0.1) is 0 Å². The minimum atomic E-state index is -0.883. The molecule has 1 aliphatic heterocycles.